The van der Waals surface area contributed by atoms with Crippen LogP contribution in [0.25, 0.3) is 0 Å². The number of nitrogens with two attached hydrogens (primary N) is 1. The highest BCUT2D eigenvalue weighted by atomic mass is 35.5. The van der Waals surface area contributed by atoms with Crippen molar-refractivity contribution in [2.24, 2.45) is 0 Å². The quantitative estimate of drug-likeness (QED) is 0.590. The second-order valence-electron chi connectivity index (χ2n) is 5.13. The van der Waals surface area contributed by atoms with Crippen LogP contribution in [0.5, 0.6) is 0 Å². The molecule has 0 aliphatic heterocycles. The number of hydrogen-bond donors (Lipinski definition) is 2. The fourth-order valence-electron chi connectivity index (χ4n) is 1.88. The molecule has 1 aromatic carbocycles. The first kappa shape index (κ1) is 17.6. The summed E-state index contributed by atoms with van der Waals surface area (Å²) in [6.07, 6.45) is 2.85. The molecule has 124 valence electrons. The standard InChI is InChI=1S/C15H20ClN5OS/c1-3-4-5-13-19-20-15(21(13)17)23-10(2)14(22)18-12-8-6-11(16)7-9-12/h6-10H,3-5,17H2,1-2H3,(H,18,22)/t10-/m0/s1. The van der Waals surface area contributed by atoms with Crippen molar-refractivity contribution in [2.75, 3.05) is 11.2 Å². The Labute approximate surface area is 144 Å². The molecule has 0 spiro atoms. The molecule has 1 amide bonds. The van der Waals surface area contributed by atoms with Gasteiger partial charge in [0.05, 0.1) is 5.25 Å². The molecule has 2 rings (SSSR count). The number of rotatable bonds is 7. The average Bonchev–Trinajstić information content (AvgIpc) is 2.88. The first-order valence-electron chi connectivity index (χ1n) is 7.43. The fourth-order valence-corrected chi connectivity index (χ4v) is 2.80. The van der Waals surface area contributed by atoms with Crippen LogP contribution < -0.4 is 11.2 Å². The van der Waals surface area contributed by atoms with E-state index in [0.29, 0.717) is 15.9 Å². The topological polar surface area (TPSA) is 85.8 Å². The lowest BCUT2D eigenvalue weighted by Gasteiger charge is -2.11. The zero-order valence-corrected chi connectivity index (χ0v) is 14.7. The van der Waals surface area contributed by atoms with E-state index in [1.165, 1.54) is 16.4 Å². The summed E-state index contributed by atoms with van der Waals surface area (Å²) in [7, 11) is 0. The van der Waals surface area contributed by atoms with E-state index < -0.39 is 0 Å². The normalized spacial score (nSPS) is 12.1. The molecule has 0 aliphatic rings. The van der Waals surface area contributed by atoms with Gasteiger partial charge >= 0.3 is 0 Å². The van der Waals surface area contributed by atoms with Crippen molar-refractivity contribution in [3.8, 4) is 0 Å². The maximum atomic E-state index is 12.2. The maximum Gasteiger partial charge on any atom is 0.237 e. The molecule has 0 fully saturated rings. The van der Waals surface area contributed by atoms with E-state index in [0.717, 1.165) is 25.1 Å². The molecule has 1 heterocycles. The predicted octanol–water partition coefficient (Wildman–Crippen LogP) is 3.11. The highest BCUT2D eigenvalue weighted by molar-refractivity contribution is 8.00. The molecule has 8 heteroatoms. The van der Waals surface area contributed by atoms with Crippen LogP contribution in [0.3, 0.4) is 0 Å². The summed E-state index contributed by atoms with van der Waals surface area (Å²) >= 11 is 7.11. The zero-order valence-electron chi connectivity index (χ0n) is 13.1. The molecule has 0 saturated carbocycles. The number of benzene rings is 1. The third kappa shape index (κ3) is 4.87. The number of hydrogen-bond acceptors (Lipinski definition) is 5. The minimum atomic E-state index is -0.351. The molecular weight excluding hydrogens is 334 g/mol. The number of unbranched alkanes of at least 4 members (excludes halogenated alkanes) is 1. The molecule has 6 nitrogen and oxygen atoms in total. The Morgan fingerprint density at radius 1 is 1.39 bits per heavy atom. The minimum Gasteiger partial charge on any atom is -0.336 e. The van der Waals surface area contributed by atoms with Crippen molar-refractivity contribution in [3.63, 3.8) is 0 Å². The summed E-state index contributed by atoms with van der Waals surface area (Å²) in [5.74, 6) is 6.59. The number of nitrogens with one attached hydrogen (secondary N) is 1. The van der Waals surface area contributed by atoms with E-state index in [1.807, 2.05) is 0 Å². The van der Waals surface area contributed by atoms with Gasteiger partial charge in [-0.1, -0.05) is 36.7 Å². The number of thioether (sulfide) groups is 1. The largest absolute Gasteiger partial charge is 0.336 e. The van der Waals surface area contributed by atoms with Crippen LogP contribution in [0.2, 0.25) is 5.02 Å². The number of carbonyl (C=O) groups excluding carboxylic acids is 1. The van der Waals surface area contributed by atoms with E-state index in [4.69, 9.17) is 17.4 Å². The molecule has 0 saturated heterocycles. The van der Waals surface area contributed by atoms with Crippen LogP contribution in [0.15, 0.2) is 29.4 Å². The highest BCUT2D eigenvalue weighted by Gasteiger charge is 2.19. The first-order valence-corrected chi connectivity index (χ1v) is 8.69. The van der Waals surface area contributed by atoms with Crippen molar-refractivity contribution >= 4 is 35.0 Å². The SMILES string of the molecule is CCCCc1nnc(S[C@@H](C)C(=O)Nc2ccc(Cl)cc2)n1N. The van der Waals surface area contributed by atoms with Crippen LogP contribution in [0.1, 0.15) is 32.5 Å². The lowest BCUT2D eigenvalue weighted by molar-refractivity contribution is -0.115. The van der Waals surface area contributed by atoms with Gasteiger partial charge in [0, 0.05) is 17.1 Å². The molecule has 1 aromatic heterocycles. The summed E-state index contributed by atoms with van der Waals surface area (Å²) in [6, 6.07) is 6.97. The Hall–Kier alpha value is -1.73. The van der Waals surface area contributed by atoms with Gasteiger partial charge in [0.2, 0.25) is 11.1 Å². The Balaban J connectivity index is 1.95. The van der Waals surface area contributed by atoms with Crippen molar-refractivity contribution in [3.05, 3.63) is 35.1 Å². The van der Waals surface area contributed by atoms with E-state index in [1.54, 1.807) is 31.2 Å². The molecular formula is C15H20ClN5OS. The van der Waals surface area contributed by atoms with Crippen molar-refractivity contribution < 1.29 is 4.79 Å². The molecule has 23 heavy (non-hydrogen) atoms. The number of aromatic nitrogens is 3. The average molecular weight is 354 g/mol. The summed E-state index contributed by atoms with van der Waals surface area (Å²) in [6.45, 7) is 3.91. The van der Waals surface area contributed by atoms with Gasteiger partial charge < -0.3 is 11.2 Å². The number of halogens is 1. The smallest absolute Gasteiger partial charge is 0.237 e. The van der Waals surface area contributed by atoms with Gasteiger partial charge in [0.25, 0.3) is 0 Å². The lowest BCUT2D eigenvalue weighted by Crippen LogP contribution is -2.23. The number of nitrogens with zero attached hydrogens (tertiary/aromatic N) is 3. The second kappa shape index (κ2) is 8.21. The van der Waals surface area contributed by atoms with E-state index in [-0.39, 0.29) is 11.2 Å². The molecule has 2 aromatic rings. The molecule has 1 atom stereocenters. The predicted molar refractivity (Wildman–Crippen MR) is 94.2 cm³/mol. The molecule has 0 bridgehead atoms. The first-order chi connectivity index (χ1) is 11.0. The van der Waals surface area contributed by atoms with Gasteiger partial charge in [0.15, 0.2) is 5.82 Å². The van der Waals surface area contributed by atoms with Crippen LogP contribution in [0, 0.1) is 0 Å². The Bertz CT molecular complexity index is 658. The maximum absolute atomic E-state index is 12.2. The summed E-state index contributed by atoms with van der Waals surface area (Å²) in [5, 5.41) is 11.8. The van der Waals surface area contributed by atoms with Gasteiger partial charge in [-0.3, -0.25) is 4.79 Å². The Morgan fingerprint density at radius 3 is 2.74 bits per heavy atom. The molecule has 0 radical (unpaired) electrons. The van der Waals surface area contributed by atoms with Crippen molar-refractivity contribution in [1.29, 1.82) is 0 Å². The summed E-state index contributed by atoms with van der Waals surface area (Å²) < 4.78 is 1.46. The lowest BCUT2D eigenvalue weighted by atomic mass is 10.2. The van der Waals surface area contributed by atoms with E-state index in [2.05, 4.69) is 22.4 Å². The second-order valence-corrected chi connectivity index (χ2v) is 6.87. The summed E-state index contributed by atoms with van der Waals surface area (Å²) in [4.78, 5) is 12.2. The third-order valence-corrected chi connectivity index (χ3v) is 4.56. The number of nitrogen functional groups attached to an aromatic ring is 1. The van der Waals surface area contributed by atoms with E-state index in [9.17, 15) is 4.79 Å². The Morgan fingerprint density at radius 2 is 2.09 bits per heavy atom. The van der Waals surface area contributed by atoms with Gasteiger partial charge in [-0.05, 0) is 37.6 Å². The van der Waals surface area contributed by atoms with Gasteiger partial charge in [-0.25, -0.2) is 4.68 Å². The van der Waals surface area contributed by atoms with Crippen LogP contribution in [-0.4, -0.2) is 26.0 Å². The van der Waals surface area contributed by atoms with E-state index >= 15 is 0 Å². The molecule has 3 N–H and O–H groups in total. The van der Waals surface area contributed by atoms with Gasteiger partial charge in [-0.15, -0.1) is 10.2 Å². The fraction of sp³-hybridized carbons (Fsp3) is 0.400. The highest BCUT2D eigenvalue weighted by Crippen LogP contribution is 2.22. The van der Waals surface area contributed by atoms with Crippen LogP contribution in [-0.2, 0) is 11.2 Å². The monoisotopic (exact) mass is 353 g/mol. The zero-order chi connectivity index (χ0) is 16.8. The van der Waals surface area contributed by atoms with Gasteiger partial charge in [0.1, 0.15) is 0 Å². The van der Waals surface area contributed by atoms with Crippen LogP contribution in [0.4, 0.5) is 5.69 Å². The van der Waals surface area contributed by atoms with Gasteiger partial charge in [-0.2, -0.15) is 0 Å². The number of amides is 1. The third-order valence-electron chi connectivity index (χ3n) is 3.25. The Kier molecular flexibility index (Phi) is 6.29. The number of aryl methyl sites for hydroxylation is 1. The number of carbonyl (C=O) groups is 1. The molecule has 0 unspecified atom stereocenters. The minimum absolute atomic E-state index is 0.129. The number of anilines is 1. The van der Waals surface area contributed by atoms with Crippen LogP contribution >= 0.6 is 23.4 Å². The summed E-state index contributed by atoms with van der Waals surface area (Å²) in [5.41, 5.74) is 0.699. The van der Waals surface area contributed by atoms with Crippen molar-refractivity contribution in [2.45, 2.75) is 43.5 Å². The molecule has 0 aliphatic carbocycles. The van der Waals surface area contributed by atoms with Crippen molar-refractivity contribution in [1.82, 2.24) is 14.9 Å².